The van der Waals surface area contributed by atoms with Crippen LogP contribution in [0.15, 0.2) is 34.9 Å². The van der Waals surface area contributed by atoms with Crippen molar-refractivity contribution >= 4 is 12.0 Å². The normalized spacial score (nSPS) is 10.8. The second kappa shape index (κ2) is 5.81. The van der Waals surface area contributed by atoms with Gasteiger partial charge in [0.1, 0.15) is 5.75 Å². The predicted octanol–water partition coefficient (Wildman–Crippen LogP) is 2.05. The highest BCUT2D eigenvalue weighted by molar-refractivity contribution is 5.85. The van der Waals surface area contributed by atoms with Crippen LogP contribution in [0.25, 0.3) is 6.08 Å². The van der Waals surface area contributed by atoms with E-state index in [0.717, 1.165) is 6.08 Å². The van der Waals surface area contributed by atoms with E-state index in [4.69, 9.17) is 14.4 Å². The van der Waals surface area contributed by atoms with E-state index in [9.17, 15) is 4.79 Å². The minimum Gasteiger partial charge on any atom is -0.485 e. The zero-order chi connectivity index (χ0) is 13.7. The fourth-order valence-electron chi connectivity index (χ4n) is 1.45. The van der Waals surface area contributed by atoms with Crippen molar-refractivity contribution in [2.24, 2.45) is 0 Å². The van der Waals surface area contributed by atoms with Gasteiger partial charge < -0.3 is 14.4 Å². The molecule has 1 aromatic heterocycles. The number of aryl methyl sites for hydroxylation is 1. The van der Waals surface area contributed by atoms with Gasteiger partial charge in [0.05, 0.1) is 0 Å². The lowest BCUT2D eigenvalue weighted by Crippen LogP contribution is -1.99. The maximum Gasteiger partial charge on any atom is 0.328 e. The lowest BCUT2D eigenvalue weighted by atomic mass is 10.2. The molecule has 0 saturated heterocycles. The van der Waals surface area contributed by atoms with Gasteiger partial charge in [-0.05, 0) is 12.1 Å². The fourth-order valence-corrected chi connectivity index (χ4v) is 1.45. The molecule has 1 aromatic carbocycles. The minimum absolute atomic E-state index is 0.162. The molecule has 0 aliphatic heterocycles. The van der Waals surface area contributed by atoms with Gasteiger partial charge in [-0.15, -0.1) is 0 Å². The van der Waals surface area contributed by atoms with Crippen LogP contribution in [0, 0.1) is 6.92 Å². The smallest absolute Gasteiger partial charge is 0.328 e. The highest BCUT2D eigenvalue weighted by Gasteiger charge is 2.05. The highest BCUT2D eigenvalue weighted by Crippen LogP contribution is 2.20. The largest absolute Gasteiger partial charge is 0.485 e. The van der Waals surface area contributed by atoms with E-state index in [0.29, 0.717) is 23.0 Å². The van der Waals surface area contributed by atoms with Crippen molar-refractivity contribution in [2.75, 3.05) is 0 Å². The quantitative estimate of drug-likeness (QED) is 0.828. The van der Waals surface area contributed by atoms with E-state index in [1.165, 1.54) is 6.08 Å². The molecule has 0 amide bonds. The van der Waals surface area contributed by atoms with Gasteiger partial charge in [0.15, 0.2) is 6.61 Å². The zero-order valence-corrected chi connectivity index (χ0v) is 10.2. The molecule has 1 N–H and O–H groups in total. The first-order valence-electron chi connectivity index (χ1n) is 5.57. The average Bonchev–Trinajstić information content (AvgIpc) is 2.80. The van der Waals surface area contributed by atoms with Crippen LogP contribution >= 0.6 is 0 Å². The summed E-state index contributed by atoms with van der Waals surface area (Å²) in [5.41, 5.74) is 0.671. The Hall–Kier alpha value is -2.63. The van der Waals surface area contributed by atoms with Crippen molar-refractivity contribution in [3.8, 4) is 5.75 Å². The average molecular weight is 260 g/mol. The molecular formula is C13H12N2O4. The van der Waals surface area contributed by atoms with E-state index in [2.05, 4.69) is 10.1 Å². The number of aromatic nitrogens is 2. The standard InChI is InChI=1S/C13H12N2O4/c1-9-14-12(15-19-9)8-18-11-5-3-2-4-10(11)6-7-13(16)17/h2-7H,8H2,1H3,(H,16,17)/b7-6+. The Morgan fingerprint density at radius 1 is 1.47 bits per heavy atom. The van der Waals surface area contributed by atoms with Crippen LogP contribution in [0.5, 0.6) is 5.75 Å². The number of para-hydroxylation sites is 1. The van der Waals surface area contributed by atoms with Gasteiger partial charge in [-0.2, -0.15) is 4.98 Å². The fraction of sp³-hybridized carbons (Fsp3) is 0.154. The Labute approximate surface area is 109 Å². The third-order valence-electron chi connectivity index (χ3n) is 2.25. The van der Waals surface area contributed by atoms with Crippen molar-refractivity contribution in [1.29, 1.82) is 0 Å². The topological polar surface area (TPSA) is 85.5 Å². The zero-order valence-electron chi connectivity index (χ0n) is 10.2. The first-order chi connectivity index (χ1) is 9.15. The first-order valence-corrected chi connectivity index (χ1v) is 5.57. The molecule has 0 saturated carbocycles. The second-order valence-corrected chi connectivity index (χ2v) is 3.73. The van der Waals surface area contributed by atoms with Crippen LogP contribution in [0.2, 0.25) is 0 Å². The molecule has 0 unspecified atom stereocenters. The molecule has 19 heavy (non-hydrogen) atoms. The monoisotopic (exact) mass is 260 g/mol. The van der Waals surface area contributed by atoms with Crippen molar-refractivity contribution in [2.45, 2.75) is 13.5 Å². The van der Waals surface area contributed by atoms with Crippen molar-refractivity contribution in [3.63, 3.8) is 0 Å². The molecule has 0 spiro atoms. The number of aliphatic carboxylic acids is 1. The van der Waals surface area contributed by atoms with Gasteiger partial charge in [-0.1, -0.05) is 23.4 Å². The Balaban J connectivity index is 2.09. The van der Waals surface area contributed by atoms with Gasteiger partial charge in [0.25, 0.3) is 0 Å². The summed E-state index contributed by atoms with van der Waals surface area (Å²) in [4.78, 5) is 14.5. The molecule has 0 aliphatic rings. The van der Waals surface area contributed by atoms with E-state index in [1.54, 1.807) is 31.2 Å². The maximum absolute atomic E-state index is 10.5. The van der Waals surface area contributed by atoms with E-state index in [1.807, 2.05) is 0 Å². The number of carbonyl (C=O) groups is 1. The molecule has 2 aromatic rings. The summed E-state index contributed by atoms with van der Waals surface area (Å²) >= 11 is 0. The van der Waals surface area contributed by atoms with Crippen molar-refractivity contribution < 1.29 is 19.2 Å². The Kier molecular flexibility index (Phi) is 3.92. The number of nitrogens with zero attached hydrogens (tertiary/aromatic N) is 2. The molecule has 0 atom stereocenters. The van der Waals surface area contributed by atoms with Gasteiger partial charge in [0, 0.05) is 18.6 Å². The number of carboxylic acids is 1. The molecule has 0 aliphatic carbocycles. The predicted molar refractivity (Wildman–Crippen MR) is 66.5 cm³/mol. The molecule has 6 nitrogen and oxygen atoms in total. The van der Waals surface area contributed by atoms with Crippen molar-refractivity contribution in [3.05, 3.63) is 47.6 Å². The van der Waals surface area contributed by atoms with Crippen molar-refractivity contribution in [1.82, 2.24) is 10.1 Å². The summed E-state index contributed by atoms with van der Waals surface area (Å²) in [6, 6.07) is 7.10. The summed E-state index contributed by atoms with van der Waals surface area (Å²) < 4.78 is 10.4. The SMILES string of the molecule is Cc1nc(COc2ccccc2/C=C/C(=O)O)no1. The van der Waals surface area contributed by atoms with Crippen LogP contribution in [-0.4, -0.2) is 21.2 Å². The summed E-state index contributed by atoms with van der Waals surface area (Å²) in [5.74, 6) is 0.457. The number of hydrogen-bond donors (Lipinski definition) is 1. The van der Waals surface area contributed by atoms with Gasteiger partial charge in [0.2, 0.25) is 11.7 Å². The minimum atomic E-state index is -1.01. The molecule has 98 valence electrons. The molecule has 2 rings (SSSR count). The molecule has 6 heteroatoms. The Morgan fingerprint density at radius 3 is 2.95 bits per heavy atom. The first kappa shape index (κ1) is 12.8. The Morgan fingerprint density at radius 2 is 2.26 bits per heavy atom. The molecule has 0 bridgehead atoms. The van der Waals surface area contributed by atoms with E-state index >= 15 is 0 Å². The van der Waals surface area contributed by atoms with Crippen LogP contribution in [-0.2, 0) is 11.4 Å². The third-order valence-corrected chi connectivity index (χ3v) is 2.25. The van der Waals surface area contributed by atoms with E-state index < -0.39 is 5.97 Å². The van der Waals surface area contributed by atoms with Gasteiger partial charge in [-0.3, -0.25) is 0 Å². The molecule has 1 heterocycles. The lowest BCUT2D eigenvalue weighted by molar-refractivity contribution is -0.131. The lowest BCUT2D eigenvalue weighted by Gasteiger charge is -2.06. The number of benzene rings is 1. The van der Waals surface area contributed by atoms with Crippen LogP contribution < -0.4 is 4.74 Å². The molecule has 0 fully saturated rings. The maximum atomic E-state index is 10.5. The Bertz CT molecular complexity index is 604. The van der Waals surface area contributed by atoms with Gasteiger partial charge >= 0.3 is 5.97 Å². The third kappa shape index (κ3) is 3.67. The van der Waals surface area contributed by atoms with Gasteiger partial charge in [-0.25, -0.2) is 4.79 Å². The number of hydrogen-bond acceptors (Lipinski definition) is 5. The summed E-state index contributed by atoms with van der Waals surface area (Å²) in [6.07, 6.45) is 2.53. The number of ether oxygens (including phenoxy) is 1. The highest BCUT2D eigenvalue weighted by atomic mass is 16.5. The summed E-state index contributed by atoms with van der Waals surface area (Å²) in [6.45, 7) is 1.86. The summed E-state index contributed by atoms with van der Waals surface area (Å²) in [7, 11) is 0. The van der Waals surface area contributed by atoms with Crippen LogP contribution in [0.3, 0.4) is 0 Å². The van der Waals surface area contributed by atoms with Crippen LogP contribution in [0.4, 0.5) is 0 Å². The van der Waals surface area contributed by atoms with E-state index in [-0.39, 0.29) is 6.61 Å². The molecular weight excluding hydrogens is 248 g/mol. The second-order valence-electron chi connectivity index (χ2n) is 3.73. The van der Waals surface area contributed by atoms with Crippen LogP contribution in [0.1, 0.15) is 17.3 Å². The number of rotatable bonds is 5. The number of carboxylic acid groups (broad SMARTS) is 1. The molecule has 0 radical (unpaired) electrons. The summed E-state index contributed by atoms with van der Waals surface area (Å²) in [5, 5.41) is 12.3.